The second kappa shape index (κ2) is 12.6. The summed E-state index contributed by atoms with van der Waals surface area (Å²) >= 11 is 16.3. The van der Waals surface area contributed by atoms with Gasteiger partial charge >= 0.3 is 0 Å². The van der Waals surface area contributed by atoms with Crippen molar-refractivity contribution in [1.82, 2.24) is 10.2 Å². The minimum absolute atomic E-state index is 0.104. The molecule has 0 aliphatic carbocycles. The molecule has 0 fully saturated rings. The van der Waals surface area contributed by atoms with Crippen molar-refractivity contribution in [3.8, 4) is 5.75 Å². The van der Waals surface area contributed by atoms with Crippen molar-refractivity contribution in [3.63, 3.8) is 0 Å². The molecule has 0 bridgehead atoms. The van der Waals surface area contributed by atoms with E-state index in [-0.39, 0.29) is 25.0 Å². The zero-order chi connectivity index (χ0) is 24.7. The number of carbonyl (C=O) groups excluding carboxylic acids is 2. The zero-order valence-corrected chi connectivity index (χ0v) is 22.8. The summed E-state index contributed by atoms with van der Waals surface area (Å²) < 4.78 is 6.83. The first-order valence-electron chi connectivity index (χ1n) is 10.9. The number of carbonyl (C=O) groups is 2. The number of amides is 2. The number of hydrogen-bond acceptors (Lipinski definition) is 3. The number of nitrogens with zero attached hydrogens (tertiary/aromatic N) is 1. The van der Waals surface area contributed by atoms with Crippen LogP contribution >= 0.6 is 39.1 Å². The molecule has 1 atom stereocenters. The molecule has 0 heterocycles. The normalized spacial score (nSPS) is 11.9. The summed E-state index contributed by atoms with van der Waals surface area (Å²) in [5.74, 6) is 0.351. The maximum absolute atomic E-state index is 13.3. The Balaban J connectivity index is 2.30. The molecule has 33 heavy (non-hydrogen) atoms. The third kappa shape index (κ3) is 7.62. The van der Waals surface area contributed by atoms with Crippen molar-refractivity contribution in [1.29, 1.82) is 0 Å². The van der Waals surface area contributed by atoms with Crippen LogP contribution in [0.25, 0.3) is 0 Å². The fourth-order valence-electron chi connectivity index (χ4n) is 3.41. The number of ether oxygens (including phenoxy) is 1. The van der Waals surface area contributed by atoms with Crippen LogP contribution in [0.15, 0.2) is 34.8 Å². The molecular formula is C25H31BrCl2N2O3. The first kappa shape index (κ1) is 27.5. The first-order chi connectivity index (χ1) is 15.5. The fourth-order valence-corrected chi connectivity index (χ4v) is 4.16. The predicted octanol–water partition coefficient (Wildman–Crippen LogP) is 6.33. The van der Waals surface area contributed by atoms with Gasteiger partial charge in [-0.2, -0.15) is 0 Å². The molecule has 2 aromatic carbocycles. The molecule has 1 unspecified atom stereocenters. The lowest BCUT2D eigenvalue weighted by atomic mass is 10.1. The second-order valence-corrected chi connectivity index (χ2v) is 10.1. The van der Waals surface area contributed by atoms with Gasteiger partial charge in [0.05, 0.1) is 0 Å². The third-order valence-electron chi connectivity index (χ3n) is 5.23. The van der Waals surface area contributed by atoms with Crippen LogP contribution in [0.1, 0.15) is 43.9 Å². The lowest BCUT2D eigenvalue weighted by molar-refractivity contribution is -0.143. The lowest BCUT2D eigenvalue weighted by Crippen LogP contribution is -2.50. The highest BCUT2D eigenvalue weighted by molar-refractivity contribution is 9.10. The maximum atomic E-state index is 13.3. The van der Waals surface area contributed by atoms with Crippen molar-refractivity contribution in [2.75, 3.05) is 13.2 Å². The molecule has 8 heteroatoms. The highest BCUT2D eigenvalue weighted by Gasteiger charge is 2.30. The van der Waals surface area contributed by atoms with Crippen LogP contribution < -0.4 is 10.1 Å². The van der Waals surface area contributed by atoms with Gasteiger partial charge in [0.15, 0.2) is 6.61 Å². The van der Waals surface area contributed by atoms with Gasteiger partial charge in [0.1, 0.15) is 11.8 Å². The minimum Gasteiger partial charge on any atom is -0.484 e. The average Bonchev–Trinajstić information content (AvgIpc) is 2.75. The van der Waals surface area contributed by atoms with Gasteiger partial charge in [0.2, 0.25) is 5.91 Å². The van der Waals surface area contributed by atoms with Crippen molar-refractivity contribution in [2.45, 2.75) is 53.6 Å². The Morgan fingerprint density at radius 3 is 2.21 bits per heavy atom. The molecular weight excluding hydrogens is 527 g/mol. The third-order valence-corrected chi connectivity index (χ3v) is 7.19. The molecule has 5 nitrogen and oxygen atoms in total. The van der Waals surface area contributed by atoms with Crippen molar-refractivity contribution >= 4 is 50.9 Å². The minimum atomic E-state index is -0.680. The van der Waals surface area contributed by atoms with E-state index in [0.29, 0.717) is 40.2 Å². The van der Waals surface area contributed by atoms with Crippen LogP contribution in [-0.2, 0) is 16.1 Å². The molecule has 2 amide bonds. The molecule has 0 aromatic heterocycles. The van der Waals surface area contributed by atoms with E-state index in [1.54, 1.807) is 18.2 Å². The Kier molecular flexibility index (Phi) is 10.5. The molecule has 180 valence electrons. The van der Waals surface area contributed by atoms with E-state index in [2.05, 4.69) is 21.2 Å². The molecule has 0 radical (unpaired) electrons. The Labute approximate surface area is 214 Å². The lowest BCUT2D eigenvalue weighted by Gasteiger charge is -2.31. The quantitative estimate of drug-likeness (QED) is 0.371. The Morgan fingerprint density at radius 2 is 1.70 bits per heavy atom. The van der Waals surface area contributed by atoms with Crippen molar-refractivity contribution < 1.29 is 14.3 Å². The monoisotopic (exact) mass is 556 g/mol. The Morgan fingerprint density at radius 1 is 1.12 bits per heavy atom. The van der Waals surface area contributed by atoms with E-state index in [0.717, 1.165) is 15.6 Å². The first-order valence-corrected chi connectivity index (χ1v) is 12.5. The highest BCUT2D eigenvalue weighted by atomic mass is 79.9. The maximum Gasteiger partial charge on any atom is 0.261 e. The number of nitrogens with one attached hydrogen (secondary N) is 1. The summed E-state index contributed by atoms with van der Waals surface area (Å²) in [6.45, 7) is 10.2. The molecule has 1 N–H and O–H groups in total. The largest absolute Gasteiger partial charge is 0.484 e. The zero-order valence-electron chi connectivity index (χ0n) is 19.7. The van der Waals surface area contributed by atoms with Gasteiger partial charge in [-0.3, -0.25) is 9.59 Å². The van der Waals surface area contributed by atoms with Gasteiger partial charge in [0, 0.05) is 33.2 Å². The fraction of sp³-hybridized carbons (Fsp3) is 0.440. The summed E-state index contributed by atoms with van der Waals surface area (Å²) in [4.78, 5) is 27.8. The van der Waals surface area contributed by atoms with Gasteiger partial charge in [-0.15, -0.1) is 0 Å². The van der Waals surface area contributed by atoms with Crippen LogP contribution in [-0.4, -0.2) is 35.9 Å². The van der Waals surface area contributed by atoms with E-state index in [9.17, 15) is 9.59 Å². The summed E-state index contributed by atoms with van der Waals surface area (Å²) in [5.41, 5.74) is 2.62. The molecule has 0 saturated carbocycles. The van der Waals surface area contributed by atoms with E-state index < -0.39 is 6.04 Å². The summed E-state index contributed by atoms with van der Waals surface area (Å²) in [7, 11) is 0. The van der Waals surface area contributed by atoms with Gasteiger partial charge in [-0.05, 0) is 61.6 Å². The number of rotatable bonds is 10. The summed E-state index contributed by atoms with van der Waals surface area (Å²) in [6.07, 6.45) is 0.439. The molecule has 0 aliphatic heterocycles. The van der Waals surface area contributed by atoms with Crippen LogP contribution in [0.4, 0.5) is 0 Å². The van der Waals surface area contributed by atoms with Crippen molar-refractivity contribution in [2.24, 2.45) is 5.92 Å². The number of benzene rings is 2. The number of halogens is 3. The molecule has 2 rings (SSSR count). The van der Waals surface area contributed by atoms with E-state index >= 15 is 0 Å². The molecule has 0 saturated heterocycles. The summed E-state index contributed by atoms with van der Waals surface area (Å²) in [6, 6.07) is 8.23. The predicted molar refractivity (Wildman–Crippen MR) is 138 cm³/mol. The van der Waals surface area contributed by atoms with Gasteiger partial charge in [0.25, 0.3) is 5.91 Å². The van der Waals surface area contributed by atoms with Crippen LogP contribution in [0.5, 0.6) is 5.75 Å². The van der Waals surface area contributed by atoms with E-state index in [1.807, 2.05) is 46.8 Å². The van der Waals surface area contributed by atoms with Gasteiger partial charge in [-0.1, -0.05) is 66.0 Å². The second-order valence-electron chi connectivity index (χ2n) is 8.44. The van der Waals surface area contributed by atoms with Gasteiger partial charge < -0.3 is 15.0 Å². The molecule has 0 spiro atoms. The van der Waals surface area contributed by atoms with E-state index in [1.165, 1.54) is 4.90 Å². The van der Waals surface area contributed by atoms with E-state index in [4.69, 9.17) is 27.9 Å². The molecule has 0 aliphatic rings. The van der Waals surface area contributed by atoms with Crippen molar-refractivity contribution in [3.05, 3.63) is 61.5 Å². The Bertz CT molecular complexity index is 954. The number of aryl methyl sites for hydroxylation is 2. The molecule has 2 aromatic rings. The smallest absolute Gasteiger partial charge is 0.261 e. The summed E-state index contributed by atoms with van der Waals surface area (Å²) in [5, 5.41) is 3.82. The number of hydrogen-bond donors (Lipinski definition) is 1. The van der Waals surface area contributed by atoms with Gasteiger partial charge in [-0.25, -0.2) is 0 Å². The average molecular weight is 558 g/mol. The standard InChI is InChI=1S/C25H31BrCl2N2O3/c1-6-22(25(32)29-12-15(2)3)30(13-19-20(27)8-7-9-21(19)28)23(31)14-33-18-10-16(4)24(26)17(5)11-18/h7-11,15,22H,6,12-14H2,1-5H3,(H,29,32). The SMILES string of the molecule is CCC(C(=O)NCC(C)C)N(Cc1c(Cl)cccc1Cl)C(=O)COc1cc(C)c(Br)c(C)c1. The van der Waals surface area contributed by atoms with Crippen LogP contribution in [0.2, 0.25) is 10.0 Å². The highest BCUT2D eigenvalue weighted by Crippen LogP contribution is 2.28. The van der Waals surface area contributed by atoms with Crippen LogP contribution in [0.3, 0.4) is 0 Å². The van der Waals surface area contributed by atoms with Crippen LogP contribution in [0, 0.1) is 19.8 Å². The Hall–Kier alpha value is -1.76. The topological polar surface area (TPSA) is 58.6 Å².